The van der Waals surface area contributed by atoms with E-state index in [1.54, 1.807) is 11.3 Å². The number of aromatic nitrogens is 3. The summed E-state index contributed by atoms with van der Waals surface area (Å²) >= 11 is 7.95. The zero-order valence-corrected chi connectivity index (χ0v) is 19.7. The molecule has 0 unspecified atom stereocenters. The van der Waals surface area contributed by atoms with Gasteiger partial charge in [0.05, 0.1) is 16.3 Å². The summed E-state index contributed by atoms with van der Waals surface area (Å²) in [6, 6.07) is 2.56. The molecule has 31 heavy (non-hydrogen) atoms. The molecular formula is C22H28ClFN6S. The van der Waals surface area contributed by atoms with E-state index in [9.17, 15) is 4.39 Å². The van der Waals surface area contributed by atoms with E-state index in [1.807, 2.05) is 12.3 Å². The molecule has 0 aromatic carbocycles. The monoisotopic (exact) mass is 462 g/mol. The van der Waals surface area contributed by atoms with Crippen molar-refractivity contribution in [1.29, 1.82) is 0 Å². The highest BCUT2D eigenvalue weighted by atomic mass is 35.5. The van der Waals surface area contributed by atoms with Crippen molar-refractivity contribution in [2.24, 2.45) is 0 Å². The maximum atomic E-state index is 13.7. The highest BCUT2D eigenvalue weighted by molar-refractivity contribution is 7.18. The average molecular weight is 463 g/mol. The van der Waals surface area contributed by atoms with Crippen LogP contribution in [0.1, 0.15) is 45.2 Å². The predicted molar refractivity (Wildman–Crippen MR) is 127 cm³/mol. The lowest BCUT2D eigenvalue weighted by molar-refractivity contribution is 0.263. The van der Waals surface area contributed by atoms with Gasteiger partial charge in [-0.3, -0.25) is 0 Å². The number of nitrogens with zero attached hydrogens (tertiary/aromatic N) is 4. The van der Waals surface area contributed by atoms with Crippen molar-refractivity contribution in [1.82, 2.24) is 19.9 Å². The van der Waals surface area contributed by atoms with Crippen LogP contribution in [0.2, 0.25) is 0 Å². The fourth-order valence-corrected chi connectivity index (χ4v) is 4.98. The Balaban J connectivity index is 1.68. The van der Waals surface area contributed by atoms with Gasteiger partial charge in [0.15, 0.2) is 5.13 Å². The van der Waals surface area contributed by atoms with Crippen molar-refractivity contribution in [2.75, 3.05) is 30.8 Å². The predicted octanol–water partition coefficient (Wildman–Crippen LogP) is 5.52. The number of nitrogens with one attached hydrogen (secondary N) is 2. The van der Waals surface area contributed by atoms with Gasteiger partial charge >= 0.3 is 0 Å². The molecule has 3 heterocycles. The Labute approximate surface area is 191 Å². The lowest BCUT2D eigenvalue weighted by Gasteiger charge is -2.29. The SMILES string of the molecule is CC(C)Nc1ncc(-c2cc(C3=C(Cl)C=C(F)CC3)nc(NC3CCN(C)CC3)n2)s1. The first kappa shape index (κ1) is 22.2. The van der Waals surface area contributed by atoms with Crippen LogP contribution in [0.25, 0.3) is 16.1 Å². The molecule has 0 radical (unpaired) electrons. The van der Waals surface area contributed by atoms with Gasteiger partial charge in [-0.25, -0.2) is 19.3 Å². The van der Waals surface area contributed by atoms with E-state index in [0.717, 1.165) is 52.9 Å². The molecule has 1 aliphatic heterocycles. The largest absolute Gasteiger partial charge is 0.359 e. The van der Waals surface area contributed by atoms with Crippen molar-refractivity contribution < 1.29 is 4.39 Å². The first-order chi connectivity index (χ1) is 14.9. The second kappa shape index (κ2) is 9.63. The average Bonchev–Trinajstić information content (AvgIpc) is 3.17. The van der Waals surface area contributed by atoms with Crippen LogP contribution in [0.15, 0.2) is 29.2 Å². The summed E-state index contributed by atoms with van der Waals surface area (Å²) < 4.78 is 13.7. The number of allylic oxidation sites excluding steroid dienone is 4. The molecule has 0 saturated carbocycles. The summed E-state index contributed by atoms with van der Waals surface area (Å²) in [6.45, 7) is 6.25. The van der Waals surface area contributed by atoms with Crippen LogP contribution in [0, 0.1) is 0 Å². The number of likely N-dealkylation sites (tertiary alicyclic amines) is 1. The zero-order chi connectivity index (χ0) is 22.0. The van der Waals surface area contributed by atoms with Gasteiger partial charge in [-0.15, -0.1) is 0 Å². The van der Waals surface area contributed by atoms with Gasteiger partial charge in [-0.05, 0) is 71.0 Å². The Morgan fingerprint density at radius 3 is 2.65 bits per heavy atom. The van der Waals surface area contributed by atoms with Crippen molar-refractivity contribution in [3.8, 4) is 10.6 Å². The topological polar surface area (TPSA) is 66.0 Å². The highest BCUT2D eigenvalue weighted by Gasteiger charge is 2.21. The number of piperidine rings is 1. The maximum absolute atomic E-state index is 13.7. The van der Waals surface area contributed by atoms with Crippen molar-refractivity contribution >= 4 is 39.6 Å². The quantitative estimate of drug-likeness (QED) is 0.588. The van der Waals surface area contributed by atoms with E-state index in [2.05, 4.69) is 41.4 Å². The van der Waals surface area contributed by atoms with E-state index in [-0.39, 0.29) is 5.83 Å². The van der Waals surface area contributed by atoms with Crippen LogP contribution in [0.5, 0.6) is 0 Å². The number of halogens is 2. The molecular weight excluding hydrogens is 435 g/mol. The maximum Gasteiger partial charge on any atom is 0.224 e. The van der Waals surface area contributed by atoms with E-state index in [1.165, 1.54) is 6.08 Å². The molecule has 0 bridgehead atoms. The summed E-state index contributed by atoms with van der Waals surface area (Å²) in [5.41, 5.74) is 2.38. The molecule has 0 amide bonds. The standard InChI is InChI=1S/C22H28ClFN6S/c1-13(2)26-22-25-12-20(31-22)19-11-18(16-5-4-14(24)10-17(16)23)28-21(29-19)27-15-6-8-30(3)9-7-15/h10-13,15H,4-9H2,1-3H3,(H,25,26)(H,27,28,29). The van der Waals surface area contributed by atoms with Crippen LogP contribution < -0.4 is 10.6 Å². The number of thiazole rings is 1. The van der Waals surface area contributed by atoms with Crippen LogP contribution >= 0.6 is 22.9 Å². The van der Waals surface area contributed by atoms with E-state index < -0.39 is 0 Å². The smallest absolute Gasteiger partial charge is 0.224 e. The van der Waals surface area contributed by atoms with Gasteiger partial charge < -0.3 is 15.5 Å². The molecule has 2 aromatic heterocycles. The van der Waals surface area contributed by atoms with Crippen LogP contribution in [0.4, 0.5) is 15.5 Å². The Hall–Kier alpha value is -2.03. The number of rotatable bonds is 6. The molecule has 0 spiro atoms. The third kappa shape index (κ3) is 5.61. The summed E-state index contributed by atoms with van der Waals surface area (Å²) in [5, 5.41) is 8.12. The number of hydrogen-bond acceptors (Lipinski definition) is 7. The molecule has 1 aliphatic carbocycles. The zero-order valence-electron chi connectivity index (χ0n) is 18.1. The van der Waals surface area contributed by atoms with E-state index >= 15 is 0 Å². The molecule has 9 heteroatoms. The molecule has 6 nitrogen and oxygen atoms in total. The van der Waals surface area contributed by atoms with Gasteiger partial charge in [0.2, 0.25) is 5.95 Å². The normalized spacial score (nSPS) is 18.5. The highest BCUT2D eigenvalue weighted by Crippen LogP contribution is 2.36. The summed E-state index contributed by atoms with van der Waals surface area (Å²) in [7, 11) is 2.14. The first-order valence-corrected chi connectivity index (χ1v) is 11.9. The Morgan fingerprint density at radius 1 is 1.19 bits per heavy atom. The Kier molecular flexibility index (Phi) is 6.89. The Bertz CT molecular complexity index is 994. The molecule has 1 saturated heterocycles. The van der Waals surface area contributed by atoms with E-state index in [4.69, 9.17) is 21.6 Å². The third-order valence-electron chi connectivity index (χ3n) is 5.44. The lowest BCUT2D eigenvalue weighted by atomic mass is 10.0. The third-order valence-corrected chi connectivity index (χ3v) is 6.73. The molecule has 4 rings (SSSR count). The number of anilines is 2. The van der Waals surface area contributed by atoms with Gasteiger partial charge in [-0.1, -0.05) is 22.9 Å². The summed E-state index contributed by atoms with van der Waals surface area (Å²) in [6.07, 6.45) is 6.17. The molecule has 2 N–H and O–H groups in total. The van der Waals surface area contributed by atoms with Gasteiger partial charge in [0, 0.05) is 29.7 Å². The van der Waals surface area contributed by atoms with Gasteiger partial charge in [0.25, 0.3) is 0 Å². The lowest BCUT2D eigenvalue weighted by Crippen LogP contribution is -2.37. The minimum Gasteiger partial charge on any atom is -0.359 e. The van der Waals surface area contributed by atoms with Crippen molar-refractivity contribution in [3.63, 3.8) is 0 Å². The minimum atomic E-state index is -0.195. The molecule has 2 aromatic rings. The second-order valence-electron chi connectivity index (χ2n) is 8.43. The van der Waals surface area contributed by atoms with Gasteiger partial charge in [-0.2, -0.15) is 0 Å². The fourth-order valence-electron chi connectivity index (χ4n) is 3.75. The van der Waals surface area contributed by atoms with E-state index in [0.29, 0.717) is 35.9 Å². The Morgan fingerprint density at radius 2 is 1.94 bits per heavy atom. The first-order valence-electron chi connectivity index (χ1n) is 10.7. The summed E-state index contributed by atoms with van der Waals surface area (Å²) in [4.78, 5) is 17.3. The van der Waals surface area contributed by atoms with Crippen molar-refractivity contribution in [2.45, 2.75) is 51.6 Å². The summed E-state index contributed by atoms with van der Waals surface area (Å²) in [5.74, 6) is 0.389. The molecule has 166 valence electrons. The fraction of sp³-hybridized carbons (Fsp3) is 0.500. The molecule has 0 atom stereocenters. The molecule has 2 aliphatic rings. The minimum absolute atomic E-state index is 0.195. The second-order valence-corrected chi connectivity index (χ2v) is 9.87. The van der Waals surface area contributed by atoms with Crippen molar-refractivity contribution in [3.05, 3.63) is 34.9 Å². The number of hydrogen-bond donors (Lipinski definition) is 2. The van der Waals surface area contributed by atoms with Crippen LogP contribution in [-0.2, 0) is 0 Å². The van der Waals surface area contributed by atoms with Crippen LogP contribution in [0.3, 0.4) is 0 Å². The van der Waals surface area contributed by atoms with Gasteiger partial charge in [0.1, 0.15) is 5.83 Å². The molecule has 1 fully saturated rings. The van der Waals surface area contributed by atoms with Crippen LogP contribution in [-0.4, -0.2) is 52.1 Å².